The van der Waals surface area contributed by atoms with Crippen molar-refractivity contribution in [3.8, 4) is 0 Å². The monoisotopic (exact) mass is 850 g/mol. The number of ether oxygens (including phenoxy) is 4. The number of rotatable bonds is 46. The summed E-state index contributed by atoms with van der Waals surface area (Å²) in [6.45, 7) is 4.68. The number of hydrogen-bond acceptors (Lipinski definition) is 8. The van der Waals surface area contributed by atoms with Crippen LogP contribution < -0.4 is 5.11 Å². The number of carboxylic acids is 1. The van der Waals surface area contributed by atoms with Crippen LogP contribution in [0.3, 0.4) is 0 Å². The zero-order chi connectivity index (χ0) is 44.2. The van der Waals surface area contributed by atoms with Gasteiger partial charge in [0, 0.05) is 12.8 Å². The fraction of sp³-hybridized carbons (Fsp3) is 0.863. The summed E-state index contributed by atoms with van der Waals surface area (Å²) in [5, 5.41) is 11.7. The van der Waals surface area contributed by atoms with Gasteiger partial charge in [0.25, 0.3) is 0 Å². The maximum absolute atomic E-state index is 12.7. The van der Waals surface area contributed by atoms with E-state index < -0.39 is 24.3 Å². The highest BCUT2D eigenvalue weighted by Gasteiger charge is 2.22. The summed E-state index contributed by atoms with van der Waals surface area (Å²) in [4.78, 5) is 37.0. The van der Waals surface area contributed by atoms with Crippen LogP contribution in [-0.2, 0) is 33.3 Å². The van der Waals surface area contributed by atoms with Crippen LogP contribution in [0.25, 0.3) is 0 Å². The Morgan fingerprint density at radius 1 is 0.500 bits per heavy atom. The van der Waals surface area contributed by atoms with Gasteiger partial charge in [0.1, 0.15) is 13.2 Å². The van der Waals surface area contributed by atoms with E-state index in [9.17, 15) is 19.5 Å². The molecule has 0 rings (SSSR count). The summed E-state index contributed by atoms with van der Waals surface area (Å²) in [7, 11) is 5.91. The topological polar surface area (TPSA) is 111 Å². The van der Waals surface area contributed by atoms with Crippen molar-refractivity contribution in [2.45, 2.75) is 238 Å². The Morgan fingerprint density at radius 2 is 0.933 bits per heavy atom. The Hall–Kier alpha value is -2.23. The molecule has 9 nitrogen and oxygen atoms in total. The van der Waals surface area contributed by atoms with Crippen molar-refractivity contribution in [1.29, 1.82) is 0 Å². The van der Waals surface area contributed by atoms with E-state index in [1.807, 2.05) is 21.1 Å². The minimum Gasteiger partial charge on any atom is -0.545 e. The second-order valence-electron chi connectivity index (χ2n) is 18.1. The normalized spacial score (nSPS) is 13.0. The molecule has 0 fully saturated rings. The third kappa shape index (κ3) is 43.8. The van der Waals surface area contributed by atoms with E-state index in [0.29, 0.717) is 23.9 Å². The fourth-order valence-corrected chi connectivity index (χ4v) is 7.04. The van der Waals surface area contributed by atoms with E-state index in [1.54, 1.807) is 0 Å². The molecule has 0 saturated heterocycles. The zero-order valence-electron chi connectivity index (χ0n) is 39.8. The first kappa shape index (κ1) is 57.8. The van der Waals surface area contributed by atoms with Crippen LogP contribution in [-0.4, -0.2) is 82.3 Å². The average molecular weight is 850 g/mol. The van der Waals surface area contributed by atoms with Crippen LogP contribution in [0.15, 0.2) is 24.3 Å². The molecule has 0 aliphatic heterocycles. The summed E-state index contributed by atoms with van der Waals surface area (Å²) in [6, 6.07) is 0. The second kappa shape index (κ2) is 43.4. The van der Waals surface area contributed by atoms with Crippen molar-refractivity contribution in [2.75, 3.05) is 47.5 Å². The Bertz CT molecular complexity index is 1040. The first-order chi connectivity index (χ1) is 29.1. The molecule has 0 aromatic heterocycles. The van der Waals surface area contributed by atoms with E-state index in [-0.39, 0.29) is 32.2 Å². The molecule has 0 heterocycles. The summed E-state index contributed by atoms with van der Waals surface area (Å²) >= 11 is 0. The molecular formula is C51H95NO8. The highest BCUT2D eigenvalue weighted by molar-refractivity contribution is 5.70. The van der Waals surface area contributed by atoms with Crippen LogP contribution in [0, 0.1) is 0 Å². The first-order valence-electron chi connectivity index (χ1n) is 25.0. The lowest BCUT2D eigenvalue weighted by Crippen LogP contribution is -2.44. The second-order valence-corrected chi connectivity index (χ2v) is 18.1. The fourth-order valence-electron chi connectivity index (χ4n) is 7.04. The van der Waals surface area contributed by atoms with Crippen molar-refractivity contribution in [3.63, 3.8) is 0 Å². The van der Waals surface area contributed by atoms with E-state index >= 15 is 0 Å². The van der Waals surface area contributed by atoms with Crippen LogP contribution in [0.2, 0.25) is 0 Å². The third-order valence-electron chi connectivity index (χ3n) is 10.9. The minimum absolute atomic E-state index is 0.147. The maximum Gasteiger partial charge on any atom is 0.306 e. The average Bonchev–Trinajstić information content (AvgIpc) is 3.21. The van der Waals surface area contributed by atoms with Crippen LogP contribution >= 0.6 is 0 Å². The van der Waals surface area contributed by atoms with E-state index in [0.717, 1.165) is 64.2 Å². The van der Waals surface area contributed by atoms with Crippen molar-refractivity contribution >= 4 is 17.9 Å². The van der Waals surface area contributed by atoms with Gasteiger partial charge in [-0.1, -0.05) is 199 Å². The van der Waals surface area contributed by atoms with Crippen LogP contribution in [0.5, 0.6) is 0 Å². The van der Waals surface area contributed by atoms with E-state index in [4.69, 9.17) is 18.9 Å². The van der Waals surface area contributed by atoms with Crippen LogP contribution in [0.1, 0.15) is 226 Å². The number of carbonyl (C=O) groups excluding carboxylic acids is 3. The van der Waals surface area contributed by atoms with Gasteiger partial charge in [0.05, 0.1) is 40.3 Å². The zero-order valence-corrected chi connectivity index (χ0v) is 39.8. The summed E-state index contributed by atoms with van der Waals surface area (Å²) < 4.78 is 22.6. The largest absolute Gasteiger partial charge is 0.545 e. The molecule has 0 N–H and O–H groups in total. The predicted octanol–water partition coefficient (Wildman–Crippen LogP) is 12.3. The molecule has 0 aliphatic carbocycles. The molecule has 2 unspecified atom stereocenters. The van der Waals surface area contributed by atoms with Gasteiger partial charge in [-0.2, -0.15) is 0 Å². The quantitative estimate of drug-likeness (QED) is 0.0196. The molecule has 9 heteroatoms. The molecule has 0 spiro atoms. The number of allylic oxidation sites excluding steroid dienone is 4. The van der Waals surface area contributed by atoms with Gasteiger partial charge in [-0.3, -0.25) is 9.59 Å². The molecule has 352 valence electrons. The number of likely N-dealkylation sites (N-methyl/N-ethyl adjacent to an activating group) is 1. The van der Waals surface area contributed by atoms with Gasteiger partial charge < -0.3 is 33.3 Å². The summed E-state index contributed by atoms with van der Waals surface area (Å²) in [5.74, 6) is -2.29. The SMILES string of the molecule is CCC/C=C\C/C=C\CCCCCCCC(=O)OC(COC(=O)CCCCCCCCCCCCCCCCCCCCCCCC)COC(OCC[N+](C)(C)C)C(=O)[O-]. The van der Waals surface area contributed by atoms with Crippen molar-refractivity contribution in [2.24, 2.45) is 0 Å². The molecule has 0 radical (unpaired) electrons. The Balaban J connectivity index is 4.26. The van der Waals surface area contributed by atoms with E-state index in [1.165, 1.54) is 128 Å². The number of hydrogen-bond donors (Lipinski definition) is 0. The predicted molar refractivity (Wildman–Crippen MR) is 246 cm³/mol. The van der Waals surface area contributed by atoms with Crippen molar-refractivity contribution in [3.05, 3.63) is 24.3 Å². The van der Waals surface area contributed by atoms with Crippen LogP contribution in [0.4, 0.5) is 0 Å². The minimum atomic E-state index is -1.62. The molecule has 0 saturated carbocycles. The first-order valence-corrected chi connectivity index (χ1v) is 25.0. The smallest absolute Gasteiger partial charge is 0.306 e. The molecule has 0 amide bonds. The number of carbonyl (C=O) groups is 3. The molecular weight excluding hydrogens is 755 g/mol. The lowest BCUT2D eigenvalue weighted by Gasteiger charge is -2.26. The van der Waals surface area contributed by atoms with Gasteiger partial charge in [0.2, 0.25) is 0 Å². The highest BCUT2D eigenvalue weighted by atomic mass is 16.7. The molecule has 0 aromatic rings. The van der Waals surface area contributed by atoms with Crippen molar-refractivity contribution in [1.82, 2.24) is 0 Å². The lowest BCUT2D eigenvalue weighted by molar-refractivity contribution is -0.870. The summed E-state index contributed by atoms with van der Waals surface area (Å²) in [5.41, 5.74) is 0. The standard InChI is InChI=1S/C51H95NO8/c1-6-8-10-12-14-16-18-20-21-22-23-24-25-26-27-28-30-31-33-35-37-39-41-48(53)58-45-47(46-59-51(50(55)56)57-44-43-52(3,4)5)60-49(54)42-40-38-36-34-32-29-19-17-15-13-11-9-7-2/h11,13,17,19,47,51H,6-10,12,14-16,18,20-46H2,1-5H3/b13-11-,19-17-. The van der Waals surface area contributed by atoms with Gasteiger partial charge in [-0.25, -0.2) is 0 Å². The van der Waals surface area contributed by atoms with Gasteiger partial charge in [-0.05, 0) is 38.5 Å². The number of aliphatic carboxylic acids is 1. The number of carboxylic acid groups (broad SMARTS) is 1. The summed E-state index contributed by atoms with van der Waals surface area (Å²) in [6.07, 6.45) is 45.0. The van der Waals surface area contributed by atoms with Gasteiger partial charge in [-0.15, -0.1) is 0 Å². The molecule has 0 bridgehead atoms. The number of unbranched alkanes of at least 4 members (excludes halogenated alkanes) is 27. The molecule has 60 heavy (non-hydrogen) atoms. The molecule has 0 aromatic carbocycles. The highest BCUT2D eigenvalue weighted by Crippen LogP contribution is 2.16. The Morgan fingerprint density at radius 3 is 1.38 bits per heavy atom. The number of nitrogens with zero attached hydrogens (tertiary/aromatic N) is 1. The third-order valence-corrected chi connectivity index (χ3v) is 10.9. The van der Waals surface area contributed by atoms with Crippen molar-refractivity contribution < 1.29 is 42.9 Å². The number of quaternary nitrogens is 1. The van der Waals surface area contributed by atoms with E-state index in [2.05, 4.69) is 38.2 Å². The Labute approximate surface area is 369 Å². The number of esters is 2. The van der Waals surface area contributed by atoms with Gasteiger partial charge in [0.15, 0.2) is 12.4 Å². The lowest BCUT2D eigenvalue weighted by atomic mass is 10.0. The van der Waals surface area contributed by atoms with Gasteiger partial charge >= 0.3 is 11.9 Å². The Kier molecular flexibility index (Phi) is 41.8. The molecule has 0 aliphatic rings. The molecule has 2 atom stereocenters. The maximum atomic E-state index is 12.7.